The summed E-state index contributed by atoms with van der Waals surface area (Å²) in [4.78, 5) is 4.40. The van der Waals surface area contributed by atoms with Crippen molar-refractivity contribution in [3.05, 3.63) is 12.2 Å². The molecule has 1 saturated carbocycles. The number of aryl methyl sites for hydroxylation is 1. The van der Waals surface area contributed by atoms with E-state index in [1.807, 2.05) is 11.7 Å². The standard InChI is InChI=1S/C15H28N4/c1-5-16-10-12-6-7-15(2,3)9-13(12)8-14-17-11-18-19(14)4/h11-13,16H,5-10H2,1-4H3. The van der Waals surface area contributed by atoms with Gasteiger partial charge in [-0.05, 0) is 49.6 Å². The Morgan fingerprint density at radius 2 is 2.21 bits per heavy atom. The van der Waals surface area contributed by atoms with Gasteiger partial charge in [-0.3, -0.25) is 4.68 Å². The zero-order valence-electron chi connectivity index (χ0n) is 12.8. The van der Waals surface area contributed by atoms with Gasteiger partial charge in [-0.1, -0.05) is 20.8 Å². The minimum Gasteiger partial charge on any atom is -0.317 e. The normalized spacial score (nSPS) is 26.5. The topological polar surface area (TPSA) is 42.7 Å². The molecule has 0 saturated heterocycles. The van der Waals surface area contributed by atoms with Crippen LogP contribution in [0, 0.1) is 17.3 Å². The van der Waals surface area contributed by atoms with Crippen LogP contribution in [0.2, 0.25) is 0 Å². The molecule has 0 radical (unpaired) electrons. The summed E-state index contributed by atoms with van der Waals surface area (Å²) in [6.45, 7) is 9.20. The van der Waals surface area contributed by atoms with E-state index in [-0.39, 0.29) is 0 Å². The van der Waals surface area contributed by atoms with E-state index in [0.29, 0.717) is 5.41 Å². The average molecular weight is 264 g/mol. The molecule has 1 aliphatic carbocycles. The number of hydrogen-bond donors (Lipinski definition) is 1. The summed E-state index contributed by atoms with van der Waals surface area (Å²) in [6, 6.07) is 0. The second kappa shape index (κ2) is 6.04. The summed E-state index contributed by atoms with van der Waals surface area (Å²) >= 11 is 0. The molecular weight excluding hydrogens is 236 g/mol. The Bertz CT molecular complexity index is 397. The van der Waals surface area contributed by atoms with Gasteiger partial charge < -0.3 is 5.32 Å². The lowest BCUT2D eigenvalue weighted by atomic mass is 9.66. The third kappa shape index (κ3) is 3.78. The summed E-state index contributed by atoms with van der Waals surface area (Å²) < 4.78 is 1.92. The van der Waals surface area contributed by atoms with E-state index in [1.165, 1.54) is 19.3 Å². The van der Waals surface area contributed by atoms with Crippen LogP contribution in [-0.2, 0) is 13.5 Å². The molecule has 1 N–H and O–H groups in total. The van der Waals surface area contributed by atoms with Crippen molar-refractivity contribution < 1.29 is 0 Å². The van der Waals surface area contributed by atoms with Gasteiger partial charge in [0.25, 0.3) is 0 Å². The fraction of sp³-hybridized carbons (Fsp3) is 0.867. The Morgan fingerprint density at radius 3 is 2.84 bits per heavy atom. The van der Waals surface area contributed by atoms with E-state index in [4.69, 9.17) is 0 Å². The first-order chi connectivity index (χ1) is 9.02. The van der Waals surface area contributed by atoms with E-state index < -0.39 is 0 Å². The van der Waals surface area contributed by atoms with Crippen molar-refractivity contribution in [2.45, 2.75) is 46.5 Å². The Labute approximate surface area is 117 Å². The van der Waals surface area contributed by atoms with Crippen LogP contribution in [0.25, 0.3) is 0 Å². The van der Waals surface area contributed by atoms with Crippen molar-refractivity contribution in [3.8, 4) is 0 Å². The molecule has 0 aliphatic heterocycles. The van der Waals surface area contributed by atoms with Gasteiger partial charge >= 0.3 is 0 Å². The molecule has 4 heteroatoms. The van der Waals surface area contributed by atoms with Crippen molar-refractivity contribution in [3.63, 3.8) is 0 Å². The number of aromatic nitrogens is 3. The summed E-state index contributed by atoms with van der Waals surface area (Å²) in [5.41, 5.74) is 0.478. The Kier molecular flexibility index (Phi) is 4.61. The molecule has 1 aliphatic rings. The lowest BCUT2D eigenvalue weighted by molar-refractivity contribution is 0.114. The average Bonchev–Trinajstić information content (AvgIpc) is 2.73. The fourth-order valence-corrected chi connectivity index (χ4v) is 3.37. The van der Waals surface area contributed by atoms with E-state index in [2.05, 4.69) is 36.2 Å². The van der Waals surface area contributed by atoms with E-state index in [9.17, 15) is 0 Å². The summed E-state index contributed by atoms with van der Waals surface area (Å²) in [6.07, 6.45) is 6.72. The molecule has 4 nitrogen and oxygen atoms in total. The molecule has 0 aromatic carbocycles. The summed E-state index contributed by atoms with van der Waals surface area (Å²) in [7, 11) is 2.00. The predicted molar refractivity (Wildman–Crippen MR) is 77.9 cm³/mol. The van der Waals surface area contributed by atoms with E-state index in [1.54, 1.807) is 6.33 Å². The first-order valence-electron chi connectivity index (χ1n) is 7.55. The van der Waals surface area contributed by atoms with Crippen LogP contribution in [0.3, 0.4) is 0 Å². The van der Waals surface area contributed by atoms with Gasteiger partial charge in [-0.2, -0.15) is 5.10 Å². The maximum absolute atomic E-state index is 4.40. The number of nitrogens with zero attached hydrogens (tertiary/aromatic N) is 3. The highest BCUT2D eigenvalue weighted by atomic mass is 15.3. The largest absolute Gasteiger partial charge is 0.317 e. The van der Waals surface area contributed by atoms with Gasteiger partial charge in [-0.15, -0.1) is 0 Å². The van der Waals surface area contributed by atoms with Crippen molar-refractivity contribution >= 4 is 0 Å². The molecule has 19 heavy (non-hydrogen) atoms. The van der Waals surface area contributed by atoms with Crippen LogP contribution in [0.15, 0.2) is 6.33 Å². The Morgan fingerprint density at radius 1 is 1.42 bits per heavy atom. The molecule has 1 heterocycles. The molecule has 0 spiro atoms. The minimum atomic E-state index is 0.478. The third-order valence-electron chi connectivity index (χ3n) is 4.58. The van der Waals surface area contributed by atoms with Crippen LogP contribution in [0.5, 0.6) is 0 Å². The lowest BCUT2D eigenvalue weighted by Gasteiger charge is -2.41. The van der Waals surface area contributed by atoms with Crippen LogP contribution in [0.4, 0.5) is 0 Å². The molecule has 1 aromatic heterocycles. The number of nitrogens with one attached hydrogen (secondary N) is 1. The van der Waals surface area contributed by atoms with Gasteiger partial charge in [-0.25, -0.2) is 4.98 Å². The zero-order valence-corrected chi connectivity index (χ0v) is 12.8. The molecule has 0 amide bonds. The van der Waals surface area contributed by atoms with Gasteiger partial charge in [0, 0.05) is 13.5 Å². The quantitative estimate of drug-likeness (QED) is 0.888. The van der Waals surface area contributed by atoms with E-state index in [0.717, 1.165) is 37.2 Å². The first-order valence-corrected chi connectivity index (χ1v) is 7.55. The van der Waals surface area contributed by atoms with Crippen molar-refractivity contribution in [1.29, 1.82) is 0 Å². The highest BCUT2D eigenvalue weighted by molar-refractivity contribution is 4.93. The number of rotatable bonds is 5. The SMILES string of the molecule is CCNCC1CCC(C)(C)CC1Cc1ncnn1C. The minimum absolute atomic E-state index is 0.478. The molecule has 108 valence electrons. The molecule has 1 aromatic rings. The maximum Gasteiger partial charge on any atom is 0.138 e. The van der Waals surface area contributed by atoms with Gasteiger partial charge in [0.15, 0.2) is 0 Å². The van der Waals surface area contributed by atoms with Crippen LogP contribution < -0.4 is 5.32 Å². The van der Waals surface area contributed by atoms with Crippen molar-refractivity contribution in [2.75, 3.05) is 13.1 Å². The highest BCUT2D eigenvalue weighted by Crippen LogP contribution is 2.42. The smallest absolute Gasteiger partial charge is 0.138 e. The summed E-state index contributed by atoms with van der Waals surface area (Å²) in [5.74, 6) is 2.64. The molecule has 1 fully saturated rings. The van der Waals surface area contributed by atoms with Crippen LogP contribution in [0.1, 0.15) is 45.9 Å². The van der Waals surface area contributed by atoms with Gasteiger partial charge in [0.1, 0.15) is 12.2 Å². The molecule has 2 unspecified atom stereocenters. The lowest BCUT2D eigenvalue weighted by Crippen LogP contribution is -2.37. The predicted octanol–water partition coefficient (Wildman–Crippen LogP) is 2.41. The Balaban J connectivity index is 2.04. The monoisotopic (exact) mass is 264 g/mol. The van der Waals surface area contributed by atoms with Gasteiger partial charge in [0.05, 0.1) is 0 Å². The second-order valence-corrected chi connectivity index (χ2v) is 6.74. The zero-order chi connectivity index (χ0) is 13.9. The fourth-order valence-electron chi connectivity index (χ4n) is 3.37. The molecule has 2 atom stereocenters. The van der Waals surface area contributed by atoms with Crippen molar-refractivity contribution in [2.24, 2.45) is 24.3 Å². The van der Waals surface area contributed by atoms with E-state index >= 15 is 0 Å². The molecule has 2 rings (SSSR count). The first kappa shape index (κ1) is 14.5. The molecule has 0 bridgehead atoms. The maximum atomic E-state index is 4.40. The van der Waals surface area contributed by atoms with Crippen molar-refractivity contribution in [1.82, 2.24) is 20.1 Å². The number of hydrogen-bond acceptors (Lipinski definition) is 3. The summed E-state index contributed by atoms with van der Waals surface area (Å²) in [5, 5.41) is 7.72. The van der Waals surface area contributed by atoms with Crippen LogP contribution >= 0.6 is 0 Å². The third-order valence-corrected chi connectivity index (χ3v) is 4.58. The Hall–Kier alpha value is -0.900. The van der Waals surface area contributed by atoms with Gasteiger partial charge in [0.2, 0.25) is 0 Å². The highest BCUT2D eigenvalue weighted by Gasteiger charge is 2.35. The second-order valence-electron chi connectivity index (χ2n) is 6.74. The molecular formula is C15H28N4. The van der Waals surface area contributed by atoms with Crippen LogP contribution in [-0.4, -0.2) is 27.9 Å².